The number of anilines is 1. The van der Waals surface area contributed by atoms with Crippen molar-refractivity contribution in [1.29, 1.82) is 0 Å². The molecule has 2 aromatic rings. The van der Waals surface area contributed by atoms with Crippen molar-refractivity contribution in [3.05, 3.63) is 63.1 Å². The summed E-state index contributed by atoms with van der Waals surface area (Å²) in [6, 6.07) is 4.77. The Morgan fingerprint density at radius 3 is 2.20 bits per heavy atom. The number of aromatic nitrogens is 1. The van der Waals surface area contributed by atoms with Gasteiger partial charge in [0.05, 0.1) is 21.1 Å². The Bertz CT molecular complexity index is 1040. The van der Waals surface area contributed by atoms with Gasteiger partial charge < -0.3 is 0 Å². The van der Waals surface area contributed by atoms with E-state index in [4.69, 9.17) is 23.8 Å². The summed E-state index contributed by atoms with van der Waals surface area (Å²) in [6.45, 7) is 0. The van der Waals surface area contributed by atoms with E-state index in [1.54, 1.807) is 0 Å². The molecule has 0 saturated carbocycles. The maximum atomic E-state index is 12.7. The topological polar surface area (TPSA) is 45.2 Å². The molecule has 4 nitrogen and oxygen atoms in total. The van der Waals surface area contributed by atoms with Crippen molar-refractivity contribution in [2.75, 3.05) is 5.43 Å². The van der Waals surface area contributed by atoms with Crippen molar-refractivity contribution in [3.63, 3.8) is 0 Å². The maximum Gasteiger partial charge on any atom is 0.417 e. The number of nitrogens with zero attached hydrogens (tertiary/aromatic N) is 2. The zero-order valence-corrected chi connectivity index (χ0v) is 16.7. The molecular formula is C17H8ClF6N3OS2. The van der Waals surface area contributed by atoms with Gasteiger partial charge in [-0.15, -0.1) is 0 Å². The van der Waals surface area contributed by atoms with E-state index in [-0.39, 0.29) is 20.1 Å². The molecule has 0 bridgehead atoms. The van der Waals surface area contributed by atoms with Gasteiger partial charge in [-0.05, 0) is 42.1 Å². The molecule has 1 N–H and O–H groups in total. The van der Waals surface area contributed by atoms with Crippen LogP contribution in [-0.2, 0) is 17.1 Å². The van der Waals surface area contributed by atoms with E-state index in [0.717, 1.165) is 28.9 Å². The number of nitrogens with one attached hydrogen (secondary N) is 1. The highest BCUT2D eigenvalue weighted by Gasteiger charge is 2.35. The Balaban J connectivity index is 1.79. The average Bonchev–Trinajstić information content (AvgIpc) is 2.89. The van der Waals surface area contributed by atoms with Crippen LogP contribution in [0.3, 0.4) is 0 Å². The van der Waals surface area contributed by atoms with Crippen LogP contribution in [0.15, 0.2) is 41.4 Å². The molecule has 1 aliphatic rings. The van der Waals surface area contributed by atoms with Crippen molar-refractivity contribution in [1.82, 2.24) is 9.99 Å². The van der Waals surface area contributed by atoms with Crippen LogP contribution in [0.2, 0.25) is 5.02 Å². The molecule has 0 spiro atoms. The number of amides is 1. The Labute approximate surface area is 179 Å². The summed E-state index contributed by atoms with van der Waals surface area (Å²) in [5.74, 6) is -0.889. The minimum Gasteiger partial charge on any atom is -0.272 e. The van der Waals surface area contributed by atoms with Gasteiger partial charge in [0.25, 0.3) is 5.91 Å². The minimum absolute atomic E-state index is 0.0101. The SMILES string of the molecule is O=C1C(=Cc2ccc(C(F)(F)F)cc2)SC(=S)N1Nc1ncc(C(F)(F)F)cc1Cl. The number of benzene rings is 1. The number of carbonyl (C=O) groups excluding carboxylic acids is 1. The largest absolute Gasteiger partial charge is 0.417 e. The van der Waals surface area contributed by atoms with E-state index in [1.807, 2.05) is 0 Å². The lowest BCUT2D eigenvalue weighted by Gasteiger charge is -2.17. The number of hydrogen-bond donors (Lipinski definition) is 1. The van der Waals surface area contributed by atoms with Crippen LogP contribution in [0, 0.1) is 0 Å². The highest BCUT2D eigenvalue weighted by atomic mass is 35.5. The first-order chi connectivity index (χ1) is 13.9. The standard InChI is InChI=1S/C17H8ClF6N3OS2/c18-11-6-10(17(22,23)24)7-25-13(11)26-27-14(28)12(30-15(27)29)5-8-1-3-9(4-2-8)16(19,20)21/h1-7H,(H,25,26). The van der Waals surface area contributed by atoms with Gasteiger partial charge in [0.1, 0.15) is 0 Å². The molecule has 1 saturated heterocycles. The van der Waals surface area contributed by atoms with E-state index in [9.17, 15) is 31.1 Å². The predicted octanol–water partition coefficient (Wildman–Crippen LogP) is 6.00. The fourth-order valence-electron chi connectivity index (χ4n) is 2.26. The monoisotopic (exact) mass is 483 g/mol. The van der Waals surface area contributed by atoms with E-state index in [1.165, 1.54) is 18.2 Å². The van der Waals surface area contributed by atoms with Gasteiger partial charge >= 0.3 is 12.4 Å². The second kappa shape index (κ2) is 8.08. The third kappa shape index (κ3) is 4.87. The van der Waals surface area contributed by atoms with E-state index >= 15 is 0 Å². The van der Waals surface area contributed by atoms with Crippen molar-refractivity contribution >= 4 is 57.7 Å². The summed E-state index contributed by atoms with van der Waals surface area (Å²) >= 11 is 11.7. The number of rotatable bonds is 3. The second-order valence-electron chi connectivity index (χ2n) is 5.80. The third-order valence-electron chi connectivity index (χ3n) is 3.72. The molecule has 1 aromatic carbocycles. The molecule has 30 heavy (non-hydrogen) atoms. The van der Waals surface area contributed by atoms with Gasteiger partial charge in [-0.1, -0.05) is 35.5 Å². The number of hydrogen-bond acceptors (Lipinski definition) is 5. The van der Waals surface area contributed by atoms with Crippen LogP contribution >= 0.6 is 35.6 Å². The minimum atomic E-state index is -4.64. The highest BCUT2D eigenvalue weighted by Crippen LogP contribution is 2.36. The van der Waals surface area contributed by atoms with Crippen LogP contribution in [-0.4, -0.2) is 20.2 Å². The lowest BCUT2D eigenvalue weighted by atomic mass is 10.1. The summed E-state index contributed by atoms with van der Waals surface area (Å²) in [5, 5.41) is 0.475. The van der Waals surface area contributed by atoms with E-state index in [0.29, 0.717) is 17.8 Å². The summed E-state index contributed by atoms with van der Waals surface area (Å²) in [7, 11) is 0. The highest BCUT2D eigenvalue weighted by molar-refractivity contribution is 8.26. The van der Waals surface area contributed by atoms with Gasteiger partial charge in [0.15, 0.2) is 10.1 Å². The van der Waals surface area contributed by atoms with Gasteiger partial charge in [-0.3, -0.25) is 10.2 Å². The van der Waals surface area contributed by atoms with Crippen LogP contribution in [0.25, 0.3) is 6.08 Å². The molecular weight excluding hydrogens is 476 g/mol. The molecule has 1 aliphatic heterocycles. The smallest absolute Gasteiger partial charge is 0.272 e. The van der Waals surface area contributed by atoms with Crippen LogP contribution in [0.5, 0.6) is 0 Å². The van der Waals surface area contributed by atoms with E-state index in [2.05, 4.69) is 10.4 Å². The van der Waals surface area contributed by atoms with Gasteiger partial charge in [-0.25, -0.2) is 4.98 Å². The summed E-state index contributed by atoms with van der Waals surface area (Å²) in [5.41, 5.74) is 0.881. The first kappa shape index (κ1) is 22.4. The molecule has 0 aliphatic carbocycles. The normalized spacial score (nSPS) is 16.5. The zero-order valence-electron chi connectivity index (χ0n) is 14.3. The van der Waals surface area contributed by atoms with Gasteiger partial charge in [0.2, 0.25) is 0 Å². The zero-order chi connectivity index (χ0) is 22.3. The molecule has 0 unspecified atom stereocenters. The molecule has 0 atom stereocenters. The Kier molecular flexibility index (Phi) is 6.03. The molecule has 13 heteroatoms. The number of hydrazine groups is 1. The first-order valence-corrected chi connectivity index (χ1v) is 9.41. The molecule has 158 valence electrons. The number of thiocarbonyl (C=S) groups is 1. The first-order valence-electron chi connectivity index (χ1n) is 7.81. The lowest BCUT2D eigenvalue weighted by Crippen LogP contribution is -2.34. The average molecular weight is 484 g/mol. The van der Waals surface area contributed by atoms with Crippen LogP contribution in [0.4, 0.5) is 32.2 Å². The Morgan fingerprint density at radius 1 is 1.07 bits per heavy atom. The van der Waals surface area contributed by atoms with Crippen molar-refractivity contribution in [3.8, 4) is 0 Å². The van der Waals surface area contributed by atoms with Gasteiger partial charge in [-0.2, -0.15) is 31.4 Å². The summed E-state index contributed by atoms with van der Waals surface area (Å²) in [4.78, 5) is 16.2. The third-order valence-corrected chi connectivity index (χ3v) is 5.31. The molecule has 3 rings (SSSR count). The summed E-state index contributed by atoms with van der Waals surface area (Å²) < 4.78 is 76.0. The Hall–Kier alpha value is -2.31. The fourth-order valence-corrected chi connectivity index (χ4v) is 3.65. The number of halogens is 7. The number of alkyl halides is 6. The fraction of sp³-hybridized carbons (Fsp3) is 0.118. The maximum absolute atomic E-state index is 12.7. The lowest BCUT2D eigenvalue weighted by molar-refractivity contribution is -0.138. The number of carbonyl (C=O) groups is 1. The van der Waals surface area contributed by atoms with Crippen molar-refractivity contribution in [2.45, 2.75) is 12.4 Å². The quantitative estimate of drug-likeness (QED) is 0.329. The van der Waals surface area contributed by atoms with Crippen molar-refractivity contribution < 1.29 is 31.1 Å². The van der Waals surface area contributed by atoms with Gasteiger partial charge in [0, 0.05) is 6.20 Å². The molecule has 0 radical (unpaired) electrons. The van der Waals surface area contributed by atoms with E-state index < -0.39 is 29.4 Å². The number of pyridine rings is 1. The summed E-state index contributed by atoms with van der Waals surface area (Å²) in [6.07, 6.45) is -7.24. The Morgan fingerprint density at radius 2 is 1.67 bits per heavy atom. The van der Waals surface area contributed by atoms with Crippen LogP contribution in [0.1, 0.15) is 16.7 Å². The van der Waals surface area contributed by atoms with Crippen molar-refractivity contribution in [2.24, 2.45) is 0 Å². The molecule has 2 heterocycles. The number of thioether (sulfide) groups is 1. The second-order valence-corrected chi connectivity index (χ2v) is 7.88. The molecule has 1 amide bonds. The predicted molar refractivity (Wildman–Crippen MR) is 104 cm³/mol. The molecule has 1 aromatic heterocycles. The van der Waals surface area contributed by atoms with Crippen LogP contribution < -0.4 is 5.43 Å². The molecule has 1 fully saturated rings.